The quantitative estimate of drug-likeness (QED) is 0.661. The Bertz CT molecular complexity index is 636. The summed E-state index contributed by atoms with van der Waals surface area (Å²) in [5.74, 6) is 0. The molecule has 0 unspecified atom stereocenters. The number of nitrogens with one attached hydrogen (secondary N) is 1. The summed E-state index contributed by atoms with van der Waals surface area (Å²) in [6.07, 6.45) is 5.22. The Kier molecular flexibility index (Phi) is 4.09. The highest BCUT2D eigenvalue weighted by atomic mass is 16.6. The fourth-order valence-corrected chi connectivity index (χ4v) is 2.15. The average Bonchev–Trinajstić information content (AvgIpc) is 2.81. The van der Waals surface area contributed by atoms with Crippen molar-refractivity contribution in [2.45, 2.75) is 26.9 Å². The van der Waals surface area contributed by atoms with Crippen LogP contribution in [0.2, 0.25) is 0 Å². The van der Waals surface area contributed by atoms with E-state index in [2.05, 4.69) is 15.4 Å². The molecule has 106 valence electrons. The summed E-state index contributed by atoms with van der Waals surface area (Å²) in [6, 6.07) is 0. The van der Waals surface area contributed by atoms with Crippen LogP contribution < -0.4 is 5.32 Å². The number of nitro groups is 1. The molecule has 0 amide bonds. The topological polar surface area (TPSA) is 85.9 Å². The Hall–Kier alpha value is -2.28. The molecule has 0 bridgehead atoms. The summed E-state index contributed by atoms with van der Waals surface area (Å²) in [5.41, 5.74) is 3.04. The Labute approximate surface area is 116 Å². The first-order chi connectivity index (χ1) is 9.52. The van der Waals surface area contributed by atoms with Crippen LogP contribution >= 0.6 is 0 Å². The number of aryl methyl sites for hydroxylation is 1. The lowest BCUT2D eigenvalue weighted by Gasteiger charge is -2.07. The van der Waals surface area contributed by atoms with Gasteiger partial charge in [0.2, 0.25) is 0 Å². The van der Waals surface area contributed by atoms with E-state index in [0.29, 0.717) is 23.4 Å². The van der Waals surface area contributed by atoms with Crippen LogP contribution in [0.15, 0.2) is 18.6 Å². The van der Waals surface area contributed by atoms with Crippen LogP contribution in [0.3, 0.4) is 0 Å². The highest BCUT2D eigenvalue weighted by Gasteiger charge is 2.18. The third-order valence-electron chi connectivity index (χ3n) is 3.14. The summed E-state index contributed by atoms with van der Waals surface area (Å²) in [6.45, 7) is 4.59. The SMILES string of the molecule is CNCc1cnn(Cc2ncc(C)c([N+](=O)[O-])c2C)c1. The molecule has 2 aromatic heterocycles. The van der Waals surface area contributed by atoms with E-state index in [1.807, 2.05) is 13.2 Å². The maximum absolute atomic E-state index is 11.1. The van der Waals surface area contributed by atoms with Crippen molar-refractivity contribution in [3.63, 3.8) is 0 Å². The summed E-state index contributed by atoms with van der Waals surface area (Å²) in [4.78, 5) is 15.0. The number of hydrogen-bond donors (Lipinski definition) is 1. The predicted molar refractivity (Wildman–Crippen MR) is 74.5 cm³/mol. The zero-order chi connectivity index (χ0) is 14.7. The summed E-state index contributed by atoms with van der Waals surface area (Å²) >= 11 is 0. The van der Waals surface area contributed by atoms with E-state index in [1.54, 1.807) is 30.9 Å². The minimum absolute atomic E-state index is 0.137. The van der Waals surface area contributed by atoms with Crippen molar-refractivity contribution in [2.75, 3.05) is 7.05 Å². The van der Waals surface area contributed by atoms with E-state index < -0.39 is 0 Å². The monoisotopic (exact) mass is 275 g/mol. The molecule has 0 fully saturated rings. The van der Waals surface area contributed by atoms with Gasteiger partial charge in [-0.15, -0.1) is 0 Å². The van der Waals surface area contributed by atoms with Crippen LogP contribution in [-0.2, 0) is 13.1 Å². The first kappa shape index (κ1) is 14.1. The molecule has 0 saturated heterocycles. The molecule has 0 aliphatic carbocycles. The summed E-state index contributed by atoms with van der Waals surface area (Å²) in [7, 11) is 1.87. The Balaban J connectivity index is 2.29. The fourth-order valence-electron chi connectivity index (χ4n) is 2.15. The number of aromatic nitrogens is 3. The zero-order valence-corrected chi connectivity index (χ0v) is 11.8. The summed E-state index contributed by atoms with van der Waals surface area (Å²) < 4.78 is 1.74. The van der Waals surface area contributed by atoms with Crippen molar-refractivity contribution in [1.82, 2.24) is 20.1 Å². The second kappa shape index (κ2) is 5.79. The van der Waals surface area contributed by atoms with Crippen molar-refractivity contribution in [3.8, 4) is 0 Å². The molecule has 0 aliphatic rings. The van der Waals surface area contributed by atoms with Gasteiger partial charge in [-0.2, -0.15) is 5.10 Å². The van der Waals surface area contributed by atoms with Gasteiger partial charge >= 0.3 is 0 Å². The molecular formula is C13H17N5O2. The maximum atomic E-state index is 11.1. The molecule has 0 saturated carbocycles. The van der Waals surface area contributed by atoms with Gasteiger partial charge in [-0.1, -0.05) is 0 Å². The standard InChI is InChI=1S/C13H17N5O2/c1-9-4-15-12(10(2)13(9)18(19)20)8-17-7-11(5-14-3)6-16-17/h4,6-7,14H,5,8H2,1-3H3. The van der Waals surface area contributed by atoms with Crippen LogP contribution in [0.1, 0.15) is 22.4 Å². The lowest BCUT2D eigenvalue weighted by Crippen LogP contribution is -2.08. The van der Waals surface area contributed by atoms with Crippen molar-refractivity contribution in [3.05, 3.63) is 51.1 Å². The van der Waals surface area contributed by atoms with Gasteiger partial charge in [-0.25, -0.2) is 0 Å². The van der Waals surface area contributed by atoms with E-state index >= 15 is 0 Å². The highest BCUT2D eigenvalue weighted by Crippen LogP contribution is 2.24. The van der Waals surface area contributed by atoms with Crippen molar-refractivity contribution >= 4 is 5.69 Å². The number of nitrogens with zero attached hydrogens (tertiary/aromatic N) is 4. The first-order valence-electron chi connectivity index (χ1n) is 6.28. The highest BCUT2D eigenvalue weighted by molar-refractivity contribution is 5.47. The molecule has 20 heavy (non-hydrogen) atoms. The van der Waals surface area contributed by atoms with Crippen LogP contribution in [0.5, 0.6) is 0 Å². The van der Waals surface area contributed by atoms with E-state index in [4.69, 9.17) is 0 Å². The normalized spacial score (nSPS) is 10.8. The minimum atomic E-state index is -0.356. The van der Waals surface area contributed by atoms with E-state index in [0.717, 1.165) is 12.1 Å². The molecular weight excluding hydrogens is 258 g/mol. The maximum Gasteiger partial charge on any atom is 0.278 e. The predicted octanol–water partition coefficient (Wildman–Crippen LogP) is 1.57. The zero-order valence-electron chi connectivity index (χ0n) is 11.8. The molecule has 1 N–H and O–H groups in total. The summed E-state index contributed by atoms with van der Waals surface area (Å²) in [5, 5.41) is 18.4. The van der Waals surface area contributed by atoms with Gasteiger partial charge in [0, 0.05) is 30.1 Å². The Morgan fingerprint density at radius 3 is 2.80 bits per heavy atom. The van der Waals surface area contributed by atoms with Gasteiger partial charge in [0.1, 0.15) is 0 Å². The molecule has 0 radical (unpaired) electrons. The number of rotatable bonds is 5. The molecule has 0 atom stereocenters. The van der Waals surface area contributed by atoms with Gasteiger partial charge in [0.25, 0.3) is 5.69 Å². The largest absolute Gasteiger partial charge is 0.316 e. The van der Waals surface area contributed by atoms with Crippen LogP contribution in [-0.4, -0.2) is 26.7 Å². The first-order valence-corrected chi connectivity index (χ1v) is 6.28. The number of pyridine rings is 1. The van der Waals surface area contributed by atoms with Gasteiger partial charge in [-0.05, 0) is 20.9 Å². The second-order valence-electron chi connectivity index (χ2n) is 4.70. The average molecular weight is 275 g/mol. The molecule has 0 aromatic carbocycles. The van der Waals surface area contributed by atoms with Crippen molar-refractivity contribution < 1.29 is 4.92 Å². The van der Waals surface area contributed by atoms with Gasteiger partial charge in [0.05, 0.1) is 28.9 Å². The lowest BCUT2D eigenvalue weighted by atomic mass is 10.1. The van der Waals surface area contributed by atoms with Gasteiger partial charge in [-0.3, -0.25) is 19.8 Å². The third kappa shape index (κ3) is 2.83. The van der Waals surface area contributed by atoms with Crippen molar-refractivity contribution in [1.29, 1.82) is 0 Å². The molecule has 2 heterocycles. The number of hydrogen-bond acceptors (Lipinski definition) is 5. The molecule has 2 aromatic rings. The second-order valence-corrected chi connectivity index (χ2v) is 4.70. The fraction of sp³-hybridized carbons (Fsp3) is 0.385. The molecule has 7 heteroatoms. The van der Waals surface area contributed by atoms with E-state index in [9.17, 15) is 10.1 Å². The van der Waals surface area contributed by atoms with Crippen molar-refractivity contribution in [2.24, 2.45) is 0 Å². The molecule has 0 aliphatic heterocycles. The molecule has 2 rings (SSSR count). The van der Waals surface area contributed by atoms with Crippen LogP contribution in [0.4, 0.5) is 5.69 Å². The Morgan fingerprint density at radius 2 is 2.15 bits per heavy atom. The van der Waals surface area contributed by atoms with E-state index in [1.165, 1.54) is 0 Å². The van der Waals surface area contributed by atoms with E-state index in [-0.39, 0.29) is 10.6 Å². The smallest absolute Gasteiger partial charge is 0.278 e. The molecule has 0 spiro atoms. The molecule has 7 nitrogen and oxygen atoms in total. The minimum Gasteiger partial charge on any atom is -0.316 e. The van der Waals surface area contributed by atoms with Gasteiger partial charge in [0.15, 0.2) is 0 Å². The van der Waals surface area contributed by atoms with Crippen LogP contribution in [0.25, 0.3) is 0 Å². The third-order valence-corrected chi connectivity index (χ3v) is 3.14. The van der Waals surface area contributed by atoms with Gasteiger partial charge < -0.3 is 5.32 Å². The van der Waals surface area contributed by atoms with Crippen LogP contribution in [0, 0.1) is 24.0 Å². The Morgan fingerprint density at radius 1 is 1.40 bits per heavy atom. The lowest BCUT2D eigenvalue weighted by molar-refractivity contribution is -0.386.